The lowest BCUT2D eigenvalue weighted by atomic mass is 10.2. The van der Waals surface area contributed by atoms with Gasteiger partial charge in [-0.05, 0) is 25.1 Å². The lowest BCUT2D eigenvalue weighted by Gasteiger charge is -2.05. The molecule has 26 heavy (non-hydrogen) atoms. The predicted molar refractivity (Wildman–Crippen MR) is 103 cm³/mol. The monoisotopic (exact) mass is 388 g/mol. The van der Waals surface area contributed by atoms with Crippen LogP contribution >= 0.6 is 23.1 Å². The number of carbonyl (C=O) groups excluding carboxylic acids is 1. The molecular weight excluding hydrogens is 371 g/mol. The van der Waals surface area contributed by atoms with E-state index in [2.05, 4.69) is 20.8 Å². The summed E-state index contributed by atoms with van der Waals surface area (Å²) in [5, 5.41) is 14.7. The normalized spacial score (nSPS) is 10.5. The summed E-state index contributed by atoms with van der Waals surface area (Å²) in [7, 11) is 0. The Bertz CT molecular complexity index is 883. The van der Waals surface area contributed by atoms with Crippen LogP contribution in [0, 0.1) is 12.7 Å². The van der Waals surface area contributed by atoms with Crippen molar-refractivity contribution >= 4 is 39.8 Å². The molecule has 3 aromatic rings. The van der Waals surface area contributed by atoms with Crippen LogP contribution in [0.4, 0.5) is 15.2 Å². The van der Waals surface area contributed by atoms with Gasteiger partial charge in [-0.3, -0.25) is 4.79 Å². The van der Waals surface area contributed by atoms with Crippen molar-refractivity contribution in [2.45, 2.75) is 17.8 Å². The first-order valence-electron chi connectivity index (χ1n) is 7.90. The molecule has 0 atom stereocenters. The van der Waals surface area contributed by atoms with E-state index in [1.165, 1.54) is 34.7 Å². The molecule has 8 heteroatoms. The second-order valence-corrected chi connectivity index (χ2v) is 7.72. The average molecular weight is 388 g/mol. The van der Waals surface area contributed by atoms with Gasteiger partial charge in [0.2, 0.25) is 11.0 Å². The van der Waals surface area contributed by atoms with Crippen LogP contribution in [0.25, 0.3) is 0 Å². The third kappa shape index (κ3) is 5.27. The van der Waals surface area contributed by atoms with E-state index in [0.717, 1.165) is 5.69 Å². The number of aryl methyl sites for hydroxylation is 1. The second-order valence-electron chi connectivity index (χ2n) is 5.52. The molecule has 2 aromatic carbocycles. The highest BCUT2D eigenvalue weighted by atomic mass is 32.2. The van der Waals surface area contributed by atoms with Gasteiger partial charge in [0.1, 0.15) is 5.82 Å². The molecule has 0 saturated carbocycles. The largest absolute Gasteiger partial charge is 0.351 e. The van der Waals surface area contributed by atoms with Gasteiger partial charge in [0.15, 0.2) is 4.34 Å². The third-order valence-electron chi connectivity index (χ3n) is 3.47. The summed E-state index contributed by atoms with van der Waals surface area (Å²) in [5.74, 6) is -0.300. The predicted octanol–water partition coefficient (Wildman–Crippen LogP) is 4.14. The Balaban J connectivity index is 1.46. The Hall–Kier alpha value is -2.45. The van der Waals surface area contributed by atoms with Crippen molar-refractivity contribution in [3.63, 3.8) is 0 Å². The lowest BCUT2D eigenvalue weighted by Crippen LogP contribution is -2.24. The van der Waals surface area contributed by atoms with E-state index >= 15 is 0 Å². The number of hydrogen-bond donors (Lipinski definition) is 2. The number of halogens is 1. The molecule has 2 N–H and O–H groups in total. The Labute approximate surface area is 159 Å². The highest BCUT2D eigenvalue weighted by Gasteiger charge is 2.09. The number of nitrogens with one attached hydrogen (secondary N) is 2. The molecular formula is C18H17FN4OS2. The number of benzene rings is 2. The maximum absolute atomic E-state index is 13.5. The summed E-state index contributed by atoms with van der Waals surface area (Å²) >= 11 is 2.68. The average Bonchev–Trinajstić information content (AvgIpc) is 3.09. The van der Waals surface area contributed by atoms with Crippen molar-refractivity contribution in [2.24, 2.45) is 0 Å². The molecule has 0 aliphatic rings. The number of anilines is 2. The van der Waals surface area contributed by atoms with Crippen LogP contribution in [-0.2, 0) is 11.3 Å². The molecule has 0 unspecified atom stereocenters. The molecule has 5 nitrogen and oxygen atoms in total. The van der Waals surface area contributed by atoms with Crippen molar-refractivity contribution in [1.29, 1.82) is 0 Å². The maximum Gasteiger partial charge on any atom is 0.230 e. The van der Waals surface area contributed by atoms with E-state index in [0.29, 0.717) is 15.0 Å². The fourth-order valence-electron chi connectivity index (χ4n) is 2.09. The zero-order valence-corrected chi connectivity index (χ0v) is 15.7. The molecule has 0 aliphatic carbocycles. The molecule has 1 amide bonds. The molecule has 0 aliphatic heterocycles. The van der Waals surface area contributed by atoms with Crippen molar-refractivity contribution in [2.75, 3.05) is 11.1 Å². The summed E-state index contributed by atoms with van der Waals surface area (Å²) in [6.45, 7) is 2.20. The zero-order chi connectivity index (χ0) is 18.4. The summed E-state index contributed by atoms with van der Waals surface area (Å²) in [4.78, 5) is 11.9. The van der Waals surface area contributed by atoms with Crippen LogP contribution < -0.4 is 10.6 Å². The fraction of sp³-hybridized carbons (Fsp3) is 0.167. The fourth-order valence-corrected chi connectivity index (χ4v) is 3.69. The highest BCUT2D eigenvalue weighted by molar-refractivity contribution is 8.01. The van der Waals surface area contributed by atoms with Gasteiger partial charge in [-0.2, -0.15) is 0 Å². The smallest absolute Gasteiger partial charge is 0.230 e. The molecule has 0 radical (unpaired) electrons. The Morgan fingerprint density at radius 1 is 1.15 bits per heavy atom. The number of hydrogen-bond acceptors (Lipinski definition) is 6. The number of nitrogens with zero attached hydrogens (tertiary/aromatic N) is 2. The summed E-state index contributed by atoms with van der Waals surface area (Å²) < 4.78 is 14.2. The Morgan fingerprint density at radius 2 is 1.92 bits per heavy atom. The quantitative estimate of drug-likeness (QED) is 0.596. The van der Waals surface area contributed by atoms with Crippen LogP contribution in [0.3, 0.4) is 0 Å². The standard InChI is InChI=1S/C18H17FN4OS2/c1-12-6-8-14(9-7-12)21-17-22-23-18(26-17)25-11-16(24)20-10-13-4-2-3-5-15(13)19/h2-9H,10-11H2,1H3,(H,20,24)(H,21,22). The molecule has 0 saturated heterocycles. The highest BCUT2D eigenvalue weighted by Crippen LogP contribution is 2.27. The number of rotatable bonds is 7. The van der Waals surface area contributed by atoms with E-state index in [9.17, 15) is 9.18 Å². The molecule has 0 fully saturated rings. The second kappa shape index (κ2) is 8.77. The van der Waals surface area contributed by atoms with Gasteiger partial charge < -0.3 is 10.6 Å². The maximum atomic E-state index is 13.5. The minimum atomic E-state index is -0.323. The number of aromatic nitrogens is 2. The van der Waals surface area contributed by atoms with Crippen LogP contribution in [0.15, 0.2) is 52.9 Å². The SMILES string of the molecule is Cc1ccc(Nc2nnc(SCC(=O)NCc3ccccc3F)s2)cc1. The number of thioether (sulfide) groups is 1. The van der Waals surface area contributed by atoms with Crippen LogP contribution in [0.5, 0.6) is 0 Å². The Morgan fingerprint density at radius 3 is 2.69 bits per heavy atom. The van der Waals surface area contributed by atoms with Crippen LogP contribution in [-0.4, -0.2) is 21.9 Å². The first-order valence-corrected chi connectivity index (χ1v) is 9.70. The zero-order valence-electron chi connectivity index (χ0n) is 14.0. The molecule has 1 heterocycles. The van der Waals surface area contributed by atoms with Crippen LogP contribution in [0.2, 0.25) is 0 Å². The van der Waals surface area contributed by atoms with Crippen molar-refractivity contribution in [3.8, 4) is 0 Å². The van der Waals surface area contributed by atoms with Crippen LogP contribution in [0.1, 0.15) is 11.1 Å². The molecule has 134 valence electrons. The van der Waals surface area contributed by atoms with Gasteiger partial charge >= 0.3 is 0 Å². The first-order chi connectivity index (χ1) is 12.6. The molecule has 1 aromatic heterocycles. The summed E-state index contributed by atoms with van der Waals surface area (Å²) in [6, 6.07) is 14.4. The summed E-state index contributed by atoms with van der Waals surface area (Å²) in [5.41, 5.74) is 2.59. The van der Waals surface area contributed by atoms with E-state index in [1.807, 2.05) is 31.2 Å². The van der Waals surface area contributed by atoms with Gasteiger partial charge in [-0.15, -0.1) is 10.2 Å². The van der Waals surface area contributed by atoms with E-state index in [1.54, 1.807) is 18.2 Å². The minimum absolute atomic E-state index is 0.169. The van der Waals surface area contributed by atoms with Crippen molar-refractivity contribution in [1.82, 2.24) is 15.5 Å². The van der Waals surface area contributed by atoms with Gasteiger partial charge in [-0.25, -0.2) is 4.39 Å². The Kier molecular flexibility index (Phi) is 6.19. The van der Waals surface area contributed by atoms with E-state index in [4.69, 9.17) is 0 Å². The molecule has 0 bridgehead atoms. The summed E-state index contributed by atoms with van der Waals surface area (Å²) in [6.07, 6.45) is 0. The molecule has 0 spiro atoms. The van der Waals surface area contributed by atoms with Crippen molar-refractivity contribution in [3.05, 3.63) is 65.5 Å². The van der Waals surface area contributed by atoms with Gasteiger partial charge in [-0.1, -0.05) is 59.0 Å². The number of amides is 1. The van der Waals surface area contributed by atoms with Crippen molar-refractivity contribution < 1.29 is 9.18 Å². The topological polar surface area (TPSA) is 66.9 Å². The third-order valence-corrected chi connectivity index (χ3v) is 5.44. The minimum Gasteiger partial charge on any atom is -0.351 e. The van der Waals surface area contributed by atoms with E-state index in [-0.39, 0.29) is 24.0 Å². The first kappa shape index (κ1) is 18.3. The van der Waals surface area contributed by atoms with Gasteiger partial charge in [0, 0.05) is 17.8 Å². The van der Waals surface area contributed by atoms with Gasteiger partial charge in [0.25, 0.3) is 0 Å². The number of carbonyl (C=O) groups is 1. The lowest BCUT2D eigenvalue weighted by molar-refractivity contribution is -0.118. The molecule has 3 rings (SSSR count). The van der Waals surface area contributed by atoms with Gasteiger partial charge in [0.05, 0.1) is 5.75 Å². The van der Waals surface area contributed by atoms with E-state index < -0.39 is 0 Å².